The van der Waals surface area contributed by atoms with Crippen molar-refractivity contribution < 1.29 is 5.11 Å². The van der Waals surface area contributed by atoms with Crippen molar-refractivity contribution in [1.82, 2.24) is 4.98 Å². The van der Waals surface area contributed by atoms with Crippen molar-refractivity contribution in [2.75, 3.05) is 12.3 Å². The van der Waals surface area contributed by atoms with Crippen molar-refractivity contribution in [2.45, 2.75) is 6.42 Å². The minimum Gasteiger partial charge on any atom is -0.398 e. The Morgan fingerprint density at radius 3 is 3.00 bits per heavy atom. The second kappa shape index (κ2) is 3.17. The molecule has 0 saturated heterocycles. The molecule has 0 fully saturated rings. The number of hydrogen-bond acceptors (Lipinski definition) is 3. The SMILES string of the molecule is Nc1ccncc1CCO. The number of anilines is 1. The van der Waals surface area contributed by atoms with Crippen LogP contribution in [-0.2, 0) is 6.42 Å². The van der Waals surface area contributed by atoms with Gasteiger partial charge in [0, 0.05) is 24.7 Å². The molecule has 0 aromatic carbocycles. The summed E-state index contributed by atoms with van der Waals surface area (Å²) in [7, 11) is 0. The number of rotatable bonds is 2. The summed E-state index contributed by atoms with van der Waals surface area (Å²) >= 11 is 0. The fourth-order valence-corrected chi connectivity index (χ4v) is 0.767. The first-order valence-corrected chi connectivity index (χ1v) is 3.14. The first kappa shape index (κ1) is 7.02. The molecule has 0 aliphatic rings. The van der Waals surface area contributed by atoms with Gasteiger partial charge in [0.15, 0.2) is 0 Å². The van der Waals surface area contributed by atoms with E-state index in [9.17, 15) is 0 Å². The Kier molecular flexibility index (Phi) is 2.23. The highest BCUT2D eigenvalue weighted by atomic mass is 16.2. The Morgan fingerprint density at radius 2 is 2.40 bits per heavy atom. The number of nitrogens with two attached hydrogens (primary N) is 1. The molecule has 1 heterocycles. The minimum atomic E-state index is 0.121. The molecular weight excluding hydrogens is 128 g/mol. The largest absolute Gasteiger partial charge is 0.398 e. The zero-order valence-electron chi connectivity index (χ0n) is 5.62. The summed E-state index contributed by atoms with van der Waals surface area (Å²) in [6.45, 7) is 0.121. The molecule has 0 atom stereocenters. The Morgan fingerprint density at radius 1 is 1.60 bits per heavy atom. The predicted octanol–water partition coefficient (Wildman–Crippen LogP) is 0.199. The Balaban J connectivity index is 2.81. The predicted molar refractivity (Wildman–Crippen MR) is 39.4 cm³/mol. The van der Waals surface area contributed by atoms with Crippen LogP contribution in [0.5, 0.6) is 0 Å². The lowest BCUT2D eigenvalue weighted by atomic mass is 10.2. The van der Waals surface area contributed by atoms with Crippen LogP contribution in [-0.4, -0.2) is 16.7 Å². The Hall–Kier alpha value is -1.09. The lowest BCUT2D eigenvalue weighted by Gasteiger charge is -1.99. The molecule has 0 saturated carbocycles. The zero-order valence-corrected chi connectivity index (χ0v) is 5.62. The molecule has 10 heavy (non-hydrogen) atoms. The molecule has 3 heteroatoms. The van der Waals surface area contributed by atoms with Crippen molar-refractivity contribution >= 4 is 5.69 Å². The standard InChI is InChI=1S/C7H10N2O/c8-7-1-3-9-5-6(7)2-4-10/h1,3,5,10H,2,4H2,(H2,8,9). The quantitative estimate of drug-likeness (QED) is 0.613. The highest BCUT2D eigenvalue weighted by Gasteiger charge is 1.94. The average Bonchev–Trinajstić information content (AvgIpc) is 1.94. The number of nitrogen functional groups attached to an aromatic ring is 1. The fourth-order valence-electron chi connectivity index (χ4n) is 0.767. The first-order valence-electron chi connectivity index (χ1n) is 3.14. The van der Waals surface area contributed by atoms with E-state index in [4.69, 9.17) is 10.8 Å². The summed E-state index contributed by atoms with van der Waals surface area (Å²) in [5.74, 6) is 0. The van der Waals surface area contributed by atoms with Crippen LogP contribution in [0.3, 0.4) is 0 Å². The normalized spacial score (nSPS) is 9.70. The highest BCUT2D eigenvalue weighted by molar-refractivity contribution is 5.44. The van der Waals surface area contributed by atoms with Gasteiger partial charge in [0.1, 0.15) is 0 Å². The molecule has 0 bridgehead atoms. The molecule has 1 aromatic rings. The smallest absolute Gasteiger partial charge is 0.0472 e. The minimum absolute atomic E-state index is 0.121. The lowest BCUT2D eigenvalue weighted by Crippen LogP contribution is -1.97. The number of aliphatic hydroxyl groups is 1. The van der Waals surface area contributed by atoms with E-state index in [1.807, 2.05) is 0 Å². The summed E-state index contributed by atoms with van der Waals surface area (Å²) in [4.78, 5) is 3.87. The van der Waals surface area contributed by atoms with Crippen molar-refractivity contribution in [2.24, 2.45) is 0 Å². The van der Waals surface area contributed by atoms with Gasteiger partial charge in [-0.2, -0.15) is 0 Å². The molecule has 0 aliphatic heterocycles. The van der Waals surface area contributed by atoms with Gasteiger partial charge in [-0.1, -0.05) is 0 Å². The fraction of sp³-hybridized carbons (Fsp3) is 0.286. The van der Waals surface area contributed by atoms with Gasteiger partial charge in [-0.05, 0) is 18.1 Å². The number of aliphatic hydroxyl groups excluding tert-OH is 1. The third-order valence-electron chi connectivity index (χ3n) is 1.32. The van der Waals surface area contributed by atoms with Crippen molar-refractivity contribution in [3.63, 3.8) is 0 Å². The van der Waals surface area contributed by atoms with Crippen LogP contribution in [0.4, 0.5) is 5.69 Å². The molecule has 3 nitrogen and oxygen atoms in total. The first-order chi connectivity index (χ1) is 4.84. The van der Waals surface area contributed by atoms with Gasteiger partial charge in [0.05, 0.1) is 0 Å². The monoisotopic (exact) mass is 138 g/mol. The van der Waals surface area contributed by atoms with Crippen molar-refractivity contribution in [3.05, 3.63) is 24.0 Å². The van der Waals surface area contributed by atoms with Gasteiger partial charge in [-0.3, -0.25) is 4.98 Å². The van der Waals surface area contributed by atoms with Crippen LogP contribution in [0.1, 0.15) is 5.56 Å². The topological polar surface area (TPSA) is 59.1 Å². The van der Waals surface area contributed by atoms with E-state index in [0.717, 1.165) is 5.56 Å². The number of nitrogens with zero attached hydrogens (tertiary/aromatic N) is 1. The third-order valence-corrected chi connectivity index (χ3v) is 1.32. The molecule has 0 unspecified atom stereocenters. The Labute approximate surface area is 59.5 Å². The second-order valence-corrected chi connectivity index (χ2v) is 2.05. The van der Waals surface area contributed by atoms with E-state index in [1.54, 1.807) is 18.5 Å². The van der Waals surface area contributed by atoms with Crippen LogP contribution >= 0.6 is 0 Å². The van der Waals surface area contributed by atoms with Gasteiger partial charge < -0.3 is 10.8 Å². The van der Waals surface area contributed by atoms with Gasteiger partial charge in [-0.15, -0.1) is 0 Å². The average molecular weight is 138 g/mol. The van der Waals surface area contributed by atoms with E-state index in [-0.39, 0.29) is 6.61 Å². The maximum Gasteiger partial charge on any atom is 0.0472 e. The van der Waals surface area contributed by atoms with Crippen LogP contribution < -0.4 is 5.73 Å². The summed E-state index contributed by atoms with van der Waals surface area (Å²) in [6.07, 6.45) is 3.89. The van der Waals surface area contributed by atoms with E-state index >= 15 is 0 Å². The Bertz CT molecular complexity index is 213. The molecular formula is C7H10N2O. The molecule has 0 aliphatic carbocycles. The molecule has 3 N–H and O–H groups in total. The van der Waals surface area contributed by atoms with E-state index < -0.39 is 0 Å². The van der Waals surface area contributed by atoms with Gasteiger partial charge in [0.2, 0.25) is 0 Å². The zero-order chi connectivity index (χ0) is 7.40. The van der Waals surface area contributed by atoms with Crippen LogP contribution in [0.15, 0.2) is 18.5 Å². The molecule has 0 radical (unpaired) electrons. The summed E-state index contributed by atoms with van der Waals surface area (Å²) in [5.41, 5.74) is 7.16. The van der Waals surface area contributed by atoms with Crippen molar-refractivity contribution in [1.29, 1.82) is 0 Å². The molecule has 0 amide bonds. The lowest BCUT2D eigenvalue weighted by molar-refractivity contribution is 0.299. The molecule has 0 spiro atoms. The van der Waals surface area contributed by atoms with Gasteiger partial charge in [-0.25, -0.2) is 0 Å². The summed E-state index contributed by atoms with van der Waals surface area (Å²) in [6, 6.07) is 1.73. The van der Waals surface area contributed by atoms with E-state index in [1.165, 1.54) is 0 Å². The van der Waals surface area contributed by atoms with Crippen LogP contribution in [0.25, 0.3) is 0 Å². The third kappa shape index (κ3) is 1.45. The second-order valence-electron chi connectivity index (χ2n) is 2.05. The van der Waals surface area contributed by atoms with Gasteiger partial charge in [0.25, 0.3) is 0 Å². The van der Waals surface area contributed by atoms with E-state index in [0.29, 0.717) is 12.1 Å². The summed E-state index contributed by atoms with van der Waals surface area (Å²) in [5, 5.41) is 8.56. The van der Waals surface area contributed by atoms with Gasteiger partial charge >= 0.3 is 0 Å². The highest BCUT2D eigenvalue weighted by Crippen LogP contribution is 2.07. The molecule has 54 valence electrons. The molecule has 1 aromatic heterocycles. The number of aromatic nitrogens is 1. The molecule has 1 rings (SSSR count). The van der Waals surface area contributed by atoms with E-state index in [2.05, 4.69) is 4.98 Å². The van der Waals surface area contributed by atoms with Crippen molar-refractivity contribution in [3.8, 4) is 0 Å². The maximum absolute atomic E-state index is 8.56. The maximum atomic E-state index is 8.56. The van der Waals surface area contributed by atoms with Crippen LogP contribution in [0.2, 0.25) is 0 Å². The van der Waals surface area contributed by atoms with Crippen LogP contribution in [0, 0.1) is 0 Å². The number of pyridine rings is 1. The number of hydrogen-bond donors (Lipinski definition) is 2. The summed E-state index contributed by atoms with van der Waals surface area (Å²) < 4.78 is 0.